The maximum atomic E-state index is 12.8. The summed E-state index contributed by atoms with van der Waals surface area (Å²) in [6, 6.07) is 11.6. The molecule has 0 aliphatic carbocycles. The number of thioether (sulfide) groups is 1. The van der Waals surface area contributed by atoms with Crippen LogP contribution in [0.5, 0.6) is 0 Å². The zero-order chi connectivity index (χ0) is 19.1. The molecule has 0 unspecified atom stereocenters. The Kier molecular flexibility index (Phi) is 7.28. The Morgan fingerprint density at radius 2 is 2.00 bits per heavy atom. The Bertz CT molecular complexity index is 777. The van der Waals surface area contributed by atoms with Gasteiger partial charge in [0.1, 0.15) is 0 Å². The summed E-state index contributed by atoms with van der Waals surface area (Å²) in [5.41, 5.74) is 2.98. The molecule has 0 bridgehead atoms. The number of hydrogen-bond acceptors (Lipinski definition) is 4. The zero-order valence-corrected chi connectivity index (χ0v) is 16.7. The van der Waals surface area contributed by atoms with Crippen molar-refractivity contribution in [1.29, 1.82) is 5.26 Å². The highest BCUT2D eigenvalue weighted by molar-refractivity contribution is 7.99. The molecular formula is C20H26N4OS. The Labute approximate surface area is 160 Å². The van der Waals surface area contributed by atoms with Gasteiger partial charge in [0.05, 0.1) is 23.9 Å². The number of aryl methyl sites for hydroxylation is 1. The van der Waals surface area contributed by atoms with Crippen molar-refractivity contribution < 1.29 is 4.79 Å². The molecule has 0 spiro atoms. The average Bonchev–Trinajstić information content (AvgIpc) is 2.88. The molecule has 1 amide bonds. The highest BCUT2D eigenvalue weighted by Crippen LogP contribution is 2.24. The van der Waals surface area contributed by atoms with Crippen LogP contribution in [0, 0.1) is 31.1 Å². The third-order valence-corrected chi connectivity index (χ3v) is 5.07. The van der Waals surface area contributed by atoms with Crippen LogP contribution in [0.25, 0.3) is 0 Å². The second kappa shape index (κ2) is 9.44. The van der Waals surface area contributed by atoms with Gasteiger partial charge in [-0.3, -0.25) is 4.79 Å². The van der Waals surface area contributed by atoms with Crippen molar-refractivity contribution in [2.45, 2.75) is 45.8 Å². The maximum absolute atomic E-state index is 12.8. The number of carbonyl (C=O) groups is 1. The van der Waals surface area contributed by atoms with Crippen molar-refractivity contribution in [3.8, 4) is 6.07 Å². The summed E-state index contributed by atoms with van der Waals surface area (Å²) < 4.78 is 2.19. The minimum Gasteiger partial charge on any atom is -0.323 e. The van der Waals surface area contributed by atoms with Gasteiger partial charge in [-0.05, 0) is 31.9 Å². The number of para-hydroxylation sites is 1. The summed E-state index contributed by atoms with van der Waals surface area (Å²) in [6.07, 6.45) is 0.311. The van der Waals surface area contributed by atoms with E-state index in [-0.39, 0.29) is 5.91 Å². The largest absolute Gasteiger partial charge is 0.323 e. The molecule has 138 valence electrons. The van der Waals surface area contributed by atoms with Gasteiger partial charge >= 0.3 is 0 Å². The first-order valence-electron chi connectivity index (χ1n) is 8.83. The van der Waals surface area contributed by atoms with E-state index in [1.54, 1.807) is 4.90 Å². The van der Waals surface area contributed by atoms with Crippen molar-refractivity contribution in [1.82, 2.24) is 9.55 Å². The van der Waals surface area contributed by atoms with Gasteiger partial charge in [0.15, 0.2) is 5.16 Å². The number of amides is 1. The predicted molar refractivity (Wildman–Crippen MR) is 106 cm³/mol. The first kappa shape index (κ1) is 20.1. The van der Waals surface area contributed by atoms with E-state index in [4.69, 9.17) is 5.26 Å². The second-order valence-electron chi connectivity index (χ2n) is 6.65. The number of hydrogen-bond donors (Lipinski definition) is 0. The first-order chi connectivity index (χ1) is 12.4. The van der Waals surface area contributed by atoms with E-state index in [2.05, 4.69) is 36.4 Å². The molecule has 0 N–H and O–H groups in total. The molecule has 0 aliphatic rings. The van der Waals surface area contributed by atoms with E-state index in [1.165, 1.54) is 11.8 Å². The number of benzene rings is 1. The molecule has 2 aromatic rings. The van der Waals surface area contributed by atoms with Crippen LogP contribution >= 0.6 is 11.8 Å². The smallest absolute Gasteiger partial charge is 0.237 e. The lowest BCUT2D eigenvalue weighted by Crippen LogP contribution is -2.33. The zero-order valence-electron chi connectivity index (χ0n) is 15.9. The van der Waals surface area contributed by atoms with Gasteiger partial charge in [0.2, 0.25) is 5.91 Å². The minimum absolute atomic E-state index is 0.00847. The fraction of sp³-hybridized carbons (Fsp3) is 0.450. The summed E-state index contributed by atoms with van der Waals surface area (Å²) in [7, 11) is 0. The van der Waals surface area contributed by atoms with Crippen LogP contribution in [0.15, 0.2) is 35.5 Å². The summed E-state index contributed by atoms with van der Waals surface area (Å²) >= 11 is 1.47. The molecule has 2 rings (SSSR count). The van der Waals surface area contributed by atoms with Crippen LogP contribution in [0.4, 0.5) is 5.69 Å². The topological polar surface area (TPSA) is 61.9 Å². The van der Waals surface area contributed by atoms with Gasteiger partial charge in [0, 0.05) is 24.5 Å². The molecule has 1 aromatic heterocycles. The van der Waals surface area contributed by atoms with Crippen LogP contribution in [0.2, 0.25) is 0 Å². The quantitative estimate of drug-likeness (QED) is 0.654. The number of rotatable bonds is 8. The Balaban J connectivity index is 2.13. The van der Waals surface area contributed by atoms with E-state index in [0.717, 1.165) is 28.8 Å². The molecule has 1 heterocycles. The average molecular weight is 371 g/mol. The van der Waals surface area contributed by atoms with Gasteiger partial charge in [-0.25, -0.2) is 4.98 Å². The lowest BCUT2D eigenvalue weighted by atomic mass is 10.2. The fourth-order valence-electron chi connectivity index (χ4n) is 2.69. The molecule has 0 atom stereocenters. The van der Waals surface area contributed by atoms with E-state index >= 15 is 0 Å². The summed E-state index contributed by atoms with van der Waals surface area (Å²) in [4.78, 5) is 19.1. The Morgan fingerprint density at radius 3 is 2.62 bits per heavy atom. The molecular weight excluding hydrogens is 344 g/mol. The second-order valence-corrected chi connectivity index (χ2v) is 7.59. The summed E-state index contributed by atoms with van der Waals surface area (Å²) in [5.74, 6) is 0.800. The molecule has 26 heavy (non-hydrogen) atoms. The molecule has 0 fully saturated rings. The predicted octanol–water partition coefficient (Wildman–Crippen LogP) is 4.19. The first-order valence-corrected chi connectivity index (χ1v) is 9.81. The Morgan fingerprint density at radius 1 is 1.31 bits per heavy atom. The molecule has 0 radical (unpaired) electrons. The molecule has 6 heteroatoms. The highest BCUT2D eigenvalue weighted by Gasteiger charge is 2.18. The van der Waals surface area contributed by atoms with Crippen molar-refractivity contribution >= 4 is 23.4 Å². The number of nitriles is 1. The number of carbonyl (C=O) groups excluding carboxylic acids is 1. The fourth-order valence-corrected chi connectivity index (χ4v) is 3.66. The lowest BCUT2D eigenvalue weighted by molar-refractivity contribution is -0.116. The standard InChI is InChI=1S/C20H26N4OS/c1-15(2)13-24-17(4)16(3)22-20(24)26-14-19(25)23(12-8-11-21)18-9-6-5-7-10-18/h5-7,9-10,15H,8,12-14H2,1-4H3. The number of nitrogens with zero attached hydrogens (tertiary/aromatic N) is 4. The summed E-state index contributed by atoms with van der Waals surface area (Å²) in [6.45, 7) is 9.71. The van der Waals surface area contributed by atoms with Gasteiger partial charge < -0.3 is 9.47 Å². The van der Waals surface area contributed by atoms with Crippen molar-refractivity contribution in [3.05, 3.63) is 41.7 Å². The van der Waals surface area contributed by atoms with Crippen molar-refractivity contribution in [2.75, 3.05) is 17.2 Å². The van der Waals surface area contributed by atoms with E-state index in [1.807, 2.05) is 37.3 Å². The van der Waals surface area contributed by atoms with Crippen molar-refractivity contribution in [3.63, 3.8) is 0 Å². The van der Waals surface area contributed by atoms with Gasteiger partial charge in [-0.15, -0.1) is 0 Å². The third-order valence-electron chi connectivity index (χ3n) is 4.11. The van der Waals surface area contributed by atoms with E-state index < -0.39 is 0 Å². The van der Waals surface area contributed by atoms with Gasteiger partial charge in [-0.1, -0.05) is 43.8 Å². The maximum Gasteiger partial charge on any atom is 0.237 e. The van der Waals surface area contributed by atoms with Crippen LogP contribution in [0.3, 0.4) is 0 Å². The van der Waals surface area contributed by atoms with E-state index in [0.29, 0.717) is 24.6 Å². The molecule has 1 aromatic carbocycles. The van der Waals surface area contributed by atoms with Crippen LogP contribution in [-0.4, -0.2) is 27.8 Å². The molecule has 5 nitrogen and oxygen atoms in total. The normalized spacial score (nSPS) is 10.8. The van der Waals surface area contributed by atoms with Gasteiger partial charge in [0.25, 0.3) is 0 Å². The van der Waals surface area contributed by atoms with Crippen LogP contribution in [-0.2, 0) is 11.3 Å². The van der Waals surface area contributed by atoms with Crippen molar-refractivity contribution in [2.24, 2.45) is 5.92 Å². The SMILES string of the molecule is Cc1nc(SCC(=O)N(CCC#N)c2ccccc2)n(CC(C)C)c1C. The molecule has 0 aliphatic heterocycles. The molecule has 0 saturated heterocycles. The Hall–Kier alpha value is -2.26. The van der Waals surface area contributed by atoms with Gasteiger partial charge in [-0.2, -0.15) is 5.26 Å². The number of anilines is 1. The molecule has 0 saturated carbocycles. The highest BCUT2D eigenvalue weighted by atomic mass is 32.2. The van der Waals surface area contributed by atoms with E-state index in [9.17, 15) is 4.79 Å². The van der Waals surface area contributed by atoms with Crippen LogP contribution in [0.1, 0.15) is 31.7 Å². The third kappa shape index (κ3) is 5.12. The monoisotopic (exact) mass is 370 g/mol. The number of aromatic nitrogens is 2. The lowest BCUT2D eigenvalue weighted by Gasteiger charge is -2.21. The minimum atomic E-state index is -0.00847. The summed E-state index contributed by atoms with van der Waals surface area (Å²) in [5, 5.41) is 9.78. The van der Waals surface area contributed by atoms with Crippen LogP contribution < -0.4 is 4.90 Å². The number of imidazole rings is 1.